The second-order valence-electron chi connectivity index (χ2n) is 8.71. The molecule has 0 aliphatic carbocycles. The molecule has 13 heteroatoms. The van der Waals surface area contributed by atoms with Crippen molar-refractivity contribution in [3.8, 4) is 5.75 Å². The quantitative estimate of drug-likeness (QED) is 0.571. The number of alkyl halides is 3. The van der Waals surface area contributed by atoms with Crippen LogP contribution < -0.4 is 15.8 Å². The molecular formula is C22H22F4N4O4S. The number of amidine groups is 1. The summed E-state index contributed by atoms with van der Waals surface area (Å²) >= 11 is 0. The van der Waals surface area contributed by atoms with E-state index in [1.807, 2.05) is 0 Å². The fraction of sp³-hybridized carbons (Fsp3) is 0.409. The largest absolute Gasteiger partial charge is 0.433 e. The Morgan fingerprint density at radius 1 is 1.34 bits per heavy atom. The topological polar surface area (TPSA) is 124 Å². The number of carbonyl (C=O) groups is 1. The van der Waals surface area contributed by atoms with Crippen molar-refractivity contribution in [3.63, 3.8) is 0 Å². The highest BCUT2D eigenvalue weighted by molar-refractivity contribution is 7.94. The molecule has 0 radical (unpaired) electrons. The lowest BCUT2D eigenvalue weighted by Gasteiger charge is -2.39. The number of benzene rings is 1. The van der Waals surface area contributed by atoms with E-state index in [2.05, 4.69) is 20.0 Å². The maximum absolute atomic E-state index is 15.0. The number of aliphatic imine (C=N–C) groups is 1. The lowest BCUT2D eigenvalue weighted by molar-refractivity contribution is -0.0501. The molecule has 3 heterocycles. The molecule has 3 N–H and O–H groups in total. The van der Waals surface area contributed by atoms with Crippen LogP contribution in [0.15, 0.2) is 35.5 Å². The zero-order valence-electron chi connectivity index (χ0n) is 18.7. The number of ether oxygens (including phenoxy) is 1. The Bertz CT molecular complexity index is 1340. The summed E-state index contributed by atoms with van der Waals surface area (Å²) in [6.07, 6.45) is 0.946. The number of carbonyl (C=O) groups excluding carboxylic acids is 1. The zero-order chi connectivity index (χ0) is 25.8. The van der Waals surface area contributed by atoms with Gasteiger partial charge in [0.15, 0.2) is 14.6 Å². The number of aryl methyl sites for hydroxylation is 1. The predicted octanol–water partition coefficient (Wildman–Crippen LogP) is 3.25. The van der Waals surface area contributed by atoms with Crippen LogP contribution in [0.25, 0.3) is 0 Å². The van der Waals surface area contributed by atoms with Gasteiger partial charge < -0.3 is 15.8 Å². The molecule has 0 saturated carbocycles. The van der Waals surface area contributed by atoms with E-state index in [0.29, 0.717) is 0 Å². The van der Waals surface area contributed by atoms with Crippen molar-refractivity contribution in [2.24, 2.45) is 10.7 Å². The highest BCUT2D eigenvalue weighted by atomic mass is 32.2. The van der Waals surface area contributed by atoms with Gasteiger partial charge in [-0.2, -0.15) is 8.78 Å². The maximum atomic E-state index is 15.0. The average Bonchev–Trinajstić information content (AvgIpc) is 2.97. The normalized spacial score (nSPS) is 26.9. The molecule has 1 unspecified atom stereocenters. The predicted molar refractivity (Wildman–Crippen MR) is 120 cm³/mol. The second-order valence-corrected chi connectivity index (χ2v) is 11.1. The first-order valence-electron chi connectivity index (χ1n) is 10.5. The number of amides is 1. The van der Waals surface area contributed by atoms with Crippen molar-refractivity contribution >= 4 is 27.3 Å². The Morgan fingerprint density at radius 2 is 2.06 bits per heavy atom. The van der Waals surface area contributed by atoms with Crippen LogP contribution in [0.2, 0.25) is 0 Å². The number of hydrogen-bond acceptors (Lipinski definition) is 7. The van der Waals surface area contributed by atoms with Gasteiger partial charge in [-0.3, -0.25) is 9.79 Å². The van der Waals surface area contributed by atoms with Crippen LogP contribution in [0.4, 0.5) is 23.2 Å². The van der Waals surface area contributed by atoms with Crippen LogP contribution >= 0.6 is 0 Å². The van der Waals surface area contributed by atoms with Crippen molar-refractivity contribution < 1.29 is 35.5 Å². The van der Waals surface area contributed by atoms with E-state index >= 15 is 0 Å². The Morgan fingerprint density at radius 3 is 2.69 bits per heavy atom. The molecule has 1 aromatic carbocycles. The average molecular weight is 515 g/mol. The molecule has 1 fully saturated rings. The molecule has 2 aromatic rings. The molecule has 1 saturated heterocycles. The summed E-state index contributed by atoms with van der Waals surface area (Å²) in [5, 5.41) is 1.33. The Labute approximate surface area is 198 Å². The minimum Gasteiger partial charge on any atom is -0.433 e. The van der Waals surface area contributed by atoms with E-state index in [9.17, 15) is 30.8 Å². The first-order chi connectivity index (χ1) is 16.4. The lowest BCUT2D eigenvalue weighted by Crippen LogP contribution is -2.58. The molecule has 1 amide bonds. The van der Waals surface area contributed by atoms with Gasteiger partial charge in [0.1, 0.15) is 35.3 Å². The first kappa shape index (κ1) is 24.9. The van der Waals surface area contributed by atoms with Crippen LogP contribution in [0.1, 0.15) is 41.4 Å². The van der Waals surface area contributed by atoms with Gasteiger partial charge >= 0.3 is 6.61 Å². The number of hydrogen-bond donors (Lipinski definition) is 2. The van der Waals surface area contributed by atoms with Gasteiger partial charge in [0.05, 0.1) is 11.4 Å². The smallest absolute Gasteiger partial charge is 0.387 e. The molecule has 0 spiro atoms. The van der Waals surface area contributed by atoms with E-state index in [-0.39, 0.29) is 41.1 Å². The monoisotopic (exact) mass is 514 g/mol. The van der Waals surface area contributed by atoms with Crippen LogP contribution in [0, 0.1) is 12.7 Å². The van der Waals surface area contributed by atoms with E-state index in [4.69, 9.17) is 5.73 Å². The van der Waals surface area contributed by atoms with E-state index in [1.165, 1.54) is 32.0 Å². The molecule has 8 nitrogen and oxygen atoms in total. The van der Waals surface area contributed by atoms with Crippen LogP contribution in [0.3, 0.4) is 0 Å². The van der Waals surface area contributed by atoms with Crippen molar-refractivity contribution in [2.75, 3.05) is 12.0 Å². The van der Waals surface area contributed by atoms with Gasteiger partial charge in [0.2, 0.25) is 0 Å². The highest BCUT2D eigenvalue weighted by Gasteiger charge is 2.65. The number of nitrogens with zero attached hydrogens (tertiary/aromatic N) is 2. The third-order valence-electron chi connectivity index (χ3n) is 6.65. The number of anilines is 1. The molecule has 1 aromatic heterocycles. The SMILES string of the molecule is Cc1cc(OC(F)F)cnc1C(=O)Nc1ccc(F)c([C@@]2(C)N=C(N)[C@@]3(CF)CCC2S3(=O)=O)c1. The molecule has 2 aliphatic heterocycles. The molecule has 188 valence electrons. The van der Waals surface area contributed by atoms with E-state index in [0.717, 1.165) is 12.3 Å². The van der Waals surface area contributed by atoms with Gasteiger partial charge in [0, 0.05) is 11.3 Å². The fourth-order valence-corrected chi connectivity index (χ4v) is 7.44. The van der Waals surface area contributed by atoms with Crippen molar-refractivity contribution in [1.29, 1.82) is 0 Å². The third kappa shape index (κ3) is 3.81. The zero-order valence-corrected chi connectivity index (χ0v) is 19.5. The number of sulfone groups is 1. The summed E-state index contributed by atoms with van der Waals surface area (Å²) in [4.78, 5) is 20.9. The second kappa shape index (κ2) is 8.47. The summed E-state index contributed by atoms with van der Waals surface area (Å²) in [5.41, 5.74) is 4.41. The fourth-order valence-electron chi connectivity index (χ4n) is 4.80. The van der Waals surface area contributed by atoms with Gasteiger partial charge in [-0.25, -0.2) is 22.2 Å². The number of fused-ring (bicyclic) bond motifs is 2. The number of aromatic nitrogens is 1. The Hall–Kier alpha value is -3.22. The standard InChI is InChI=1S/C22H22F4N4O4S/c1-11-7-13(34-20(25)26)9-28-17(11)18(31)29-12-3-4-15(24)14(8-12)21(2)16-5-6-22(10-23,19(27)30-21)35(16,32)33/h3-4,7-9,16,20H,5-6,10H2,1-2H3,(H2,27,30)(H,29,31)/t16?,21-,22+/m1/s1. The Balaban J connectivity index is 1.68. The molecule has 4 rings (SSSR count). The molecular weight excluding hydrogens is 492 g/mol. The lowest BCUT2D eigenvalue weighted by atomic mass is 9.86. The van der Waals surface area contributed by atoms with E-state index < -0.39 is 56.2 Å². The number of halogens is 4. The maximum Gasteiger partial charge on any atom is 0.387 e. The molecule has 2 aliphatic rings. The number of nitrogens with one attached hydrogen (secondary N) is 1. The summed E-state index contributed by atoms with van der Waals surface area (Å²) < 4.78 is 82.2. The van der Waals surface area contributed by atoms with Crippen LogP contribution in [-0.4, -0.2) is 48.4 Å². The minimum absolute atomic E-state index is 0.0408. The number of pyridine rings is 1. The van der Waals surface area contributed by atoms with Gasteiger partial charge in [0.25, 0.3) is 5.91 Å². The van der Waals surface area contributed by atoms with Crippen molar-refractivity contribution in [3.05, 3.63) is 53.1 Å². The summed E-state index contributed by atoms with van der Waals surface area (Å²) in [7, 11) is -4.12. The van der Waals surface area contributed by atoms with Crippen LogP contribution in [-0.2, 0) is 15.4 Å². The molecule has 3 atom stereocenters. The molecule has 2 bridgehead atoms. The summed E-state index contributed by atoms with van der Waals surface area (Å²) in [6.45, 7) is -1.39. The van der Waals surface area contributed by atoms with E-state index in [1.54, 1.807) is 0 Å². The van der Waals surface area contributed by atoms with Crippen molar-refractivity contribution in [1.82, 2.24) is 4.98 Å². The third-order valence-corrected chi connectivity index (χ3v) is 9.71. The highest BCUT2D eigenvalue weighted by Crippen LogP contribution is 2.52. The Kier molecular flexibility index (Phi) is 6.02. The van der Waals surface area contributed by atoms with Gasteiger partial charge in [-0.1, -0.05) is 0 Å². The first-order valence-corrected chi connectivity index (χ1v) is 12.1. The van der Waals surface area contributed by atoms with Crippen LogP contribution in [0.5, 0.6) is 5.75 Å². The number of rotatable bonds is 6. The summed E-state index contributed by atoms with van der Waals surface area (Å²) in [5.74, 6) is -2.12. The van der Waals surface area contributed by atoms with Gasteiger partial charge in [-0.05, 0) is 56.5 Å². The van der Waals surface area contributed by atoms with Gasteiger partial charge in [-0.15, -0.1) is 0 Å². The molecule has 35 heavy (non-hydrogen) atoms. The summed E-state index contributed by atoms with van der Waals surface area (Å²) in [6, 6.07) is 4.76. The minimum atomic E-state index is -4.12. The number of nitrogens with two attached hydrogens (primary N) is 1. The van der Waals surface area contributed by atoms with Crippen molar-refractivity contribution in [2.45, 2.75) is 48.8 Å².